The summed E-state index contributed by atoms with van der Waals surface area (Å²) in [4.78, 5) is 25.0. The number of benzene rings is 1. The standard InChI is InChI=1S/C23H29NO5/c25-20(15-4-3-7-18(10-15)29-17-5-1-2-6-17)11-16-12-27-22-19(13-28-21(16)22)24-23(26)14-8-9-14/h3-4,7,10,14,16-17,19,21-22H,1-2,5-6,8-9,11-13H2,(H,24,26)/t16-,19-,21+,22+/m0/s1. The summed E-state index contributed by atoms with van der Waals surface area (Å²) in [6, 6.07) is 7.43. The Balaban J connectivity index is 1.17. The molecule has 6 heteroatoms. The van der Waals surface area contributed by atoms with Gasteiger partial charge in [0.2, 0.25) is 5.91 Å². The maximum atomic E-state index is 12.9. The van der Waals surface area contributed by atoms with Crippen LogP contribution in [0.5, 0.6) is 5.75 Å². The number of rotatable bonds is 7. The van der Waals surface area contributed by atoms with Gasteiger partial charge in [0.1, 0.15) is 11.9 Å². The summed E-state index contributed by atoms with van der Waals surface area (Å²) in [5, 5.41) is 3.07. The van der Waals surface area contributed by atoms with Crippen molar-refractivity contribution in [1.82, 2.24) is 5.32 Å². The van der Waals surface area contributed by atoms with Crippen molar-refractivity contribution >= 4 is 11.7 Å². The van der Waals surface area contributed by atoms with Gasteiger partial charge in [-0.1, -0.05) is 12.1 Å². The number of hydrogen-bond acceptors (Lipinski definition) is 5. The minimum Gasteiger partial charge on any atom is -0.490 e. The number of nitrogens with one attached hydrogen (secondary N) is 1. The van der Waals surface area contributed by atoms with E-state index in [2.05, 4.69) is 5.32 Å². The highest BCUT2D eigenvalue weighted by atomic mass is 16.6. The van der Waals surface area contributed by atoms with Gasteiger partial charge in [-0.15, -0.1) is 0 Å². The molecule has 0 bridgehead atoms. The second kappa shape index (κ2) is 8.07. The first-order valence-electron chi connectivity index (χ1n) is 11.0. The van der Waals surface area contributed by atoms with Crippen LogP contribution in [0, 0.1) is 11.8 Å². The van der Waals surface area contributed by atoms with Crippen LogP contribution in [0.1, 0.15) is 55.3 Å². The number of ether oxygens (including phenoxy) is 3. The molecule has 0 unspecified atom stereocenters. The quantitative estimate of drug-likeness (QED) is 0.714. The van der Waals surface area contributed by atoms with Gasteiger partial charge >= 0.3 is 0 Å². The molecular weight excluding hydrogens is 370 g/mol. The Hall–Kier alpha value is -1.92. The zero-order chi connectivity index (χ0) is 19.8. The van der Waals surface area contributed by atoms with E-state index >= 15 is 0 Å². The number of Topliss-reactive ketones (excluding diaryl/α,β-unsaturated/α-hetero) is 1. The highest BCUT2D eigenvalue weighted by Crippen LogP contribution is 2.35. The lowest BCUT2D eigenvalue weighted by Crippen LogP contribution is -2.44. The normalized spacial score (nSPS) is 31.6. The lowest BCUT2D eigenvalue weighted by molar-refractivity contribution is -0.123. The van der Waals surface area contributed by atoms with E-state index in [1.165, 1.54) is 12.8 Å². The molecule has 0 spiro atoms. The second-order valence-corrected chi connectivity index (χ2v) is 8.92. The summed E-state index contributed by atoms with van der Waals surface area (Å²) >= 11 is 0. The van der Waals surface area contributed by atoms with Crippen LogP contribution in [-0.4, -0.2) is 49.3 Å². The summed E-state index contributed by atoms with van der Waals surface area (Å²) in [7, 11) is 0. The lowest BCUT2D eigenvalue weighted by atomic mass is 9.92. The van der Waals surface area contributed by atoms with E-state index in [1.54, 1.807) is 0 Å². The average molecular weight is 399 g/mol. The van der Waals surface area contributed by atoms with Crippen LogP contribution < -0.4 is 10.1 Å². The first-order chi connectivity index (χ1) is 14.2. The van der Waals surface area contributed by atoms with Crippen molar-refractivity contribution in [1.29, 1.82) is 0 Å². The molecule has 5 rings (SSSR count). The van der Waals surface area contributed by atoms with Crippen LogP contribution in [0.25, 0.3) is 0 Å². The van der Waals surface area contributed by atoms with Crippen LogP contribution in [0.4, 0.5) is 0 Å². The van der Waals surface area contributed by atoms with Gasteiger partial charge in [-0.3, -0.25) is 9.59 Å². The van der Waals surface area contributed by atoms with Crippen LogP contribution >= 0.6 is 0 Å². The molecule has 2 aliphatic carbocycles. The van der Waals surface area contributed by atoms with E-state index in [0.29, 0.717) is 25.2 Å². The Labute approximate surface area is 171 Å². The minimum atomic E-state index is -0.146. The number of hydrogen-bond donors (Lipinski definition) is 1. The van der Waals surface area contributed by atoms with E-state index in [4.69, 9.17) is 14.2 Å². The lowest BCUT2D eigenvalue weighted by Gasteiger charge is -2.18. The van der Waals surface area contributed by atoms with Crippen LogP contribution in [0.15, 0.2) is 24.3 Å². The monoisotopic (exact) mass is 399 g/mol. The number of ketones is 1. The summed E-state index contributed by atoms with van der Waals surface area (Å²) in [5.41, 5.74) is 0.681. The van der Waals surface area contributed by atoms with Gasteiger partial charge < -0.3 is 19.5 Å². The molecule has 1 aromatic rings. The highest BCUT2D eigenvalue weighted by molar-refractivity contribution is 5.96. The Bertz CT molecular complexity index is 770. The Morgan fingerprint density at radius 2 is 1.83 bits per heavy atom. The molecule has 0 radical (unpaired) electrons. The Morgan fingerprint density at radius 1 is 1.03 bits per heavy atom. The number of fused-ring (bicyclic) bond motifs is 1. The Morgan fingerprint density at radius 3 is 2.62 bits per heavy atom. The fourth-order valence-electron chi connectivity index (χ4n) is 4.82. The topological polar surface area (TPSA) is 73.9 Å². The van der Waals surface area contributed by atoms with Gasteiger partial charge in [-0.05, 0) is 50.7 Å². The molecule has 6 nitrogen and oxygen atoms in total. The fourth-order valence-corrected chi connectivity index (χ4v) is 4.82. The van der Waals surface area contributed by atoms with Crippen molar-refractivity contribution in [2.75, 3.05) is 13.2 Å². The van der Waals surface area contributed by atoms with Gasteiger partial charge in [0.25, 0.3) is 0 Å². The summed E-state index contributed by atoms with van der Waals surface area (Å²) < 4.78 is 17.9. The maximum Gasteiger partial charge on any atom is 0.223 e. The molecule has 1 amide bonds. The summed E-state index contributed by atoms with van der Waals surface area (Å²) in [5.74, 6) is 1.18. The zero-order valence-electron chi connectivity index (χ0n) is 16.7. The molecule has 2 saturated heterocycles. The van der Waals surface area contributed by atoms with E-state index in [0.717, 1.165) is 31.4 Å². The van der Waals surface area contributed by atoms with Crippen LogP contribution in [0.2, 0.25) is 0 Å². The van der Waals surface area contributed by atoms with Gasteiger partial charge in [-0.25, -0.2) is 0 Å². The van der Waals surface area contributed by atoms with Crippen molar-refractivity contribution in [3.05, 3.63) is 29.8 Å². The number of carbonyl (C=O) groups excluding carboxylic acids is 2. The fraction of sp³-hybridized carbons (Fsp3) is 0.652. The third-order valence-corrected chi connectivity index (χ3v) is 6.64. The highest BCUT2D eigenvalue weighted by Gasteiger charge is 2.49. The molecule has 2 heterocycles. The molecule has 29 heavy (non-hydrogen) atoms. The summed E-state index contributed by atoms with van der Waals surface area (Å²) in [6.45, 7) is 0.957. The maximum absolute atomic E-state index is 12.9. The number of carbonyl (C=O) groups is 2. The molecule has 0 aromatic heterocycles. The van der Waals surface area contributed by atoms with E-state index in [-0.39, 0.29) is 47.9 Å². The molecule has 2 aliphatic heterocycles. The molecular formula is C23H29NO5. The zero-order valence-corrected chi connectivity index (χ0v) is 16.7. The SMILES string of the molecule is O=C(C[C@H]1CO[C@H]2[C@@H]1OC[C@@H]2NC(=O)C1CC1)c1cccc(OC2CCCC2)c1. The van der Waals surface area contributed by atoms with Gasteiger partial charge in [0, 0.05) is 23.8 Å². The Kier molecular flexibility index (Phi) is 5.31. The van der Waals surface area contributed by atoms with Gasteiger partial charge in [0.05, 0.1) is 31.5 Å². The largest absolute Gasteiger partial charge is 0.490 e. The van der Waals surface area contributed by atoms with E-state index in [9.17, 15) is 9.59 Å². The molecule has 4 fully saturated rings. The number of amides is 1. The molecule has 4 atom stereocenters. The van der Waals surface area contributed by atoms with Crippen molar-refractivity contribution < 1.29 is 23.8 Å². The van der Waals surface area contributed by atoms with Gasteiger partial charge in [-0.2, -0.15) is 0 Å². The molecule has 1 N–H and O–H groups in total. The molecule has 4 aliphatic rings. The van der Waals surface area contributed by atoms with E-state index in [1.807, 2.05) is 24.3 Å². The first-order valence-corrected chi connectivity index (χ1v) is 11.0. The second-order valence-electron chi connectivity index (χ2n) is 8.92. The predicted octanol–water partition coefficient (Wildman–Crippen LogP) is 2.89. The van der Waals surface area contributed by atoms with Crippen LogP contribution in [-0.2, 0) is 14.3 Å². The summed E-state index contributed by atoms with van der Waals surface area (Å²) in [6.07, 6.45) is 6.98. The molecule has 2 saturated carbocycles. The molecule has 156 valence electrons. The molecule has 1 aromatic carbocycles. The van der Waals surface area contributed by atoms with Crippen molar-refractivity contribution in [3.8, 4) is 5.75 Å². The third kappa shape index (κ3) is 4.19. The van der Waals surface area contributed by atoms with Crippen molar-refractivity contribution in [3.63, 3.8) is 0 Å². The minimum absolute atomic E-state index is 0.0229. The van der Waals surface area contributed by atoms with E-state index < -0.39 is 0 Å². The van der Waals surface area contributed by atoms with Crippen LogP contribution in [0.3, 0.4) is 0 Å². The average Bonchev–Trinajstić information content (AvgIpc) is 3.11. The van der Waals surface area contributed by atoms with Crippen molar-refractivity contribution in [2.24, 2.45) is 11.8 Å². The first kappa shape index (κ1) is 19.1. The predicted molar refractivity (Wildman–Crippen MR) is 106 cm³/mol. The smallest absolute Gasteiger partial charge is 0.223 e. The van der Waals surface area contributed by atoms with Crippen molar-refractivity contribution in [2.45, 2.75) is 69.3 Å². The third-order valence-electron chi connectivity index (χ3n) is 6.64. The van der Waals surface area contributed by atoms with Gasteiger partial charge in [0.15, 0.2) is 5.78 Å².